The zero-order valence-electron chi connectivity index (χ0n) is 16.3. The topological polar surface area (TPSA) is 101 Å². The number of nitrogens with two attached hydrogens (primary N) is 1. The molecule has 4 rings (SSSR count). The van der Waals surface area contributed by atoms with Crippen LogP contribution < -0.4 is 5.73 Å². The molecule has 0 aromatic carbocycles. The molecular weight excluding hydrogens is 352 g/mol. The van der Waals surface area contributed by atoms with Crippen LogP contribution >= 0.6 is 0 Å². The second-order valence-corrected chi connectivity index (χ2v) is 7.58. The Labute approximate surface area is 164 Å². The van der Waals surface area contributed by atoms with Crippen molar-refractivity contribution in [2.45, 2.75) is 46.2 Å². The van der Waals surface area contributed by atoms with Gasteiger partial charge in [-0.15, -0.1) is 6.58 Å². The van der Waals surface area contributed by atoms with Crippen LogP contribution in [0.5, 0.6) is 0 Å². The van der Waals surface area contributed by atoms with E-state index in [-0.39, 0.29) is 17.6 Å². The molecule has 28 heavy (non-hydrogen) atoms. The van der Waals surface area contributed by atoms with Crippen molar-refractivity contribution in [2.75, 3.05) is 12.3 Å². The zero-order valence-corrected chi connectivity index (χ0v) is 16.3. The fourth-order valence-electron chi connectivity index (χ4n) is 4.10. The van der Waals surface area contributed by atoms with Gasteiger partial charge in [0.25, 0.3) is 0 Å². The fraction of sp³-hybridized carbons (Fsp3) is 0.429. The predicted molar refractivity (Wildman–Crippen MR) is 106 cm³/mol. The van der Waals surface area contributed by atoms with Gasteiger partial charge in [0.1, 0.15) is 17.5 Å². The molecular formula is C21H24N6O. The number of amides is 1. The molecule has 7 nitrogen and oxygen atoms in total. The lowest BCUT2D eigenvalue weighted by Gasteiger charge is -2.30. The van der Waals surface area contributed by atoms with Gasteiger partial charge >= 0.3 is 0 Å². The van der Waals surface area contributed by atoms with Gasteiger partial charge in [-0.05, 0) is 26.7 Å². The quantitative estimate of drug-likeness (QED) is 0.826. The molecule has 0 unspecified atom stereocenters. The van der Waals surface area contributed by atoms with E-state index in [4.69, 9.17) is 5.73 Å². The number of carbonyl (C=O) groups excluding carboxylic acids is 1. The first-order valence-corrected chi connectivity index (χ1v) is 9.61. The molecule has 0 bridgehead atoms. The summed E-state index contributed by atoms with van der Waals surface area (Å²) in [6.07, 6.45) is 4.40. The summed E-state index contributed by atoms with van der Waals surface area (Å²) in [5.74, 6) is 0.622. The lowest BCUT2D eigenvalue weighted by Crippen LogP contribution is -2.37. The summed E-state index contributed by atoms with van der Waals surface area (Å²) in [7, 11) is 0. The van der Waals surface area contributed by atoms with E-state index in [1.807, 2.05) is 23.4 Å². The van der Waals surface area contributed by atoms with Crippen LogP contribution in [0.3, 0.4) is 0 Å². The smallest absolute Gasteiger partial charge is 0.225 e. The number of fused-ring (bicyclic) bond motifs is 1. The van der Waals surface area contributed by atoms with E-state index in [1.54, 1.807) is 6.08 Å². The summed E-state index contributed by atoms with van der Waals surface area (Å²) in [6.45, 7) is 9.41. The van der Waals surface area contributed by atoms with Gasteiger partial charge in [-0.25, -0.2) is 4.98 Å². The lowest BCUT2D eigenvalue weighted by molar-refractivity contribution is -0.133. The van der Waals surface area contributed by atoms with Crippen LogP contribution in [0, 0.1) is 31.1 Å². The van der Waals surface area contributed by atoms with Gasteiger partial charge in [-0.1, -0.05) is 6.08 Å². The van der Waals surface area contributed by atoms with Gasteiger partial charge in [0.2, 0.25) is 5.91 Å². The first-order valence-electron chi connectivity index (χ1n) is 9.61. The molecule has 0 saturated heterocycles. The van der Waals surface area contributed by atoms with Crippen LogP contribution in [0.15, 0.2) is 12.7 Å². The van der Waals surface area contributed by atoms with Crippen LogP contribution in [-0.2, 0) is 24.3 Å². The molecule has 1 aliphatic heterocycles. The van der Waals surface area contributed by atoms with Crippen molar-refractivity contribution in [3.63, 3.8) is 0 Å². The van der Waals surface area contributed by atoms with Gasteiger partial charge in [0, 0.05) is 47.8 Å². The first-order chi connectivity index (χ1) is 13.5. The lowest BCUT2D eigenvalue weighted by atomic mass is 9.90. The normalized spacial score (nSPS) is 15.8. The minimum absolute atomic E-state index is 0.168. The maximum absolute atomic E-state index is 12.7. The number of aromatic nitrogens is 3. The summed E-state index contributed by atoms with van der Waals surface area (Å²) in [4.78, 5) is 19.1. The number of rotatable bonds is 4. The molecule has 2 aliphatic rings. The summed E-state index contributed by atoms with van der Waals surface area (Å²) in [6, 6.07) is 2.24. The van der Waals surface area contributed by atoms with Crippen LogP contribution in [0.1, 0.15) is 41.1 Å². The number of pyridine rings is 1. The van der Waals surface area contributed by atoms with Crippen molar-refractivity contribution in [3.8, 4) is 17.2 Å². The molecule has 3 heterocycles. The summed E-state index contributed by atoms with van der Waals surface area (Å²) < 4.78 is 1.87. The Kier molecular flexibility index (Phi) is 4.42. The summed E-state index contributed by atoms with van der Waals surface area (Å²) >= 11 is 0. The van der Waals surface area contributed by atoms with Crippen molar-refractivity contribution >= 4 is 11.7 Å². The monoisotopic (exact) mass is 376 g/mol. The Morgan fingerprint density at radius 1 is 1.39 bits per heavy atom. The molecule has 0 spiro atoms. The van der Waals surface area contributed by atoms with Gasteiger partial charge in [0.15, 0.2) is 0 Å². The van der Waals surface area contributed by atoms with E-state index in [1.165, 1.54) is 0 Å². The third kappa shape index (κ3) is 2.85. The van der Waals surface area contributed by atoms with E-state index in [9.17, 15) is 10.1 Å². The first kappa shape index (κ1) is 18.2. The molecule has 144 valence electrons. The van der Waals surface area contributed by atoms with Crippen LogP contribution in [0.2, 0.25) is 0 Å². The predicted octanol–water partition coefficient (Wildman–Crippen LogP) is 2.50. The molecule has 1 aliphatic carbocycles. The average Bonchev–Trinajstić information content (AvgIpc) is 3.48. The minimum atomic E-state index is 0.168. The highest BCUT2D eigenvalue weighted by Crippen LogP contribution is 2.39. The maximum Gasteiger partial charge on any atom is 0.225 e. The highest BCUT2D eigenvalue weighted by Gasteiger charge is 2.36. The number of hydrogen-bond acceptors (Lipinski definition) is 5. The number of allylic oxidation sites excluding steroid dienone is 1. The van der Waals surface area contributed by atoms with Crippen molar-refractivity contribution in [1.82, 2.24) is 19.7 Å². The van der Waals surface area contributed by atoms with Crippen LogP contribution in [0.25, 0.3) is 11.1 Å². The third-order valence-corrected chi connectivity index (χ3v) is 5.66. The molecule has 0 radical (unpaired) electrons. The van der Waals surface area contributed by atoms with Crippen LogP contribution in [0.4, 0.5) is 5.82 Å². The van der Waals surface area contributed by atoms with Crippen molar-refractivity contribution < 1.29 is 4.79 Å². The number of anilines is 1. The van der Waals surface area contributed by atoms with Crippen molar-refractivity contribution in [1.29, 1.82) is 5.26 Å². The minimum Gasteiger partial charge on any atom is -0.383 e. The molecule has 7 heteroatoms. The standard InChI is InChI=1S/C21H24N6O/c1-4-8-27-13(3)18(12(2)25-27)19-15(10-22)20(23)24-17-7-9-26(11-16(17)19)21(28)14-5-6-14/h4,14H,1,5-9,11H2,2-3H3,(H2,23,24). The molecule has 1 saturated carbocycles. The van der Waals surface area contributed by atoms with Gasteiger partial charge in [-0.2, -0.15) is 10.4 Å². The van der Waals surface area contributed by atoms with Crippen LogP contribution in [-0.4, -0.2) is 32.1 Å². The SMILES string of the molecule is C=CCn1nc(C)c(-c2c(C#N)c(N)nc3c2CN(C(=O)C2CC2)CC3)c1C. The van der Waals surface area contributed by atoms with E-state index < -0.39 is 0 Å². The highest BCUT2D eigenvalue weighted by molar-refractivity contribution is 5.84. The van der Waals surface area contributed by atoms with Gasteiger partial charge in [0.05, 0.1) is 17.9 Å². The molecule has 0 atom stereocenters. The van der Waals surface area contributed by atoms with Crippen molar-refractivity contribution in [3.05, 3.63) is 40.9 Å². The summed E-state index contributed by atoms with van der Waals surface area (Å²) in [5.41, 5.74) is 11.8. The number of carbonyl (C=O) groups is 1. The molecule has 2 aromatic heterocycles. The number of nitrogens with zero attached hydrogens (tertiary/aromatic N) is 5. The summed E-state index contributed by atoms with van der Waals surface area (Å²) in [5, 5.41) is 14.5. The fourth-order valence-corrected chi connectivity index (χ4v) is 4.10. The Bertz CT molecular complexity index is 1020. The number of hydrogen-bond donors (Lipinski definition) is 1. The highest BCUT2D eigenvalue weighted by atomic mass is 16.2. The van der Waals surface area contributed by atoms with E-state index >= 15 is 0 Å². The third-order valence-electron chi connectivity index (χ3n) is 5.66. The Hall–Kier alpha value is -3.14. The van der Waals surface area contributed by atoms with Gasteiger partial charge < -0.3 is 10.6 Å². The number of nitrogen functional groups attached to an aromatic ring is 1. The second kappa shape index (κ2) is 6.79. The Morgan fingerprint density at radius 3 is 2.79 bits per heavy atom. The molecule has 2 N–H and O–H groups in total. The molecule has 1 fully saturated rings. The largest absolute Gasteiger partial charge is 0.383 e. The molecule has 1 amide bonds. The maximum atomic E-state index is 12.7. The van der Waals surface area contributed by atoms with E-state index in [0.29, 0.717) is 31.6 Å². The van der Waals surface area contributed by atoms with E-state index in [2.05, 4.69) is 22.7 Å². The van der Waals surface area contributed by atoms with Gasteiger partial charge in [-0.3, -0.25) is 9.48 Å². The Balaban J connectivity index is 1.90. The average molecular weight is 376 g/mol. The zero-order chi connectivity index (χ0) is 20.0. The van der Waals surface area contributed by atoms with Crippen molar-refractivity contribution in [2.24, 2.45) is 5.92 Å². The Morgan fingerprint density at radius 2 is 2.14 bits per heavy atom. The second-order valence-electron chi connectivity index (χ2n) is 7.58. The number of nitriles is 1. The van der Waals surface area contributed by atoms with E-state index in [0.717, 1.165) is 46.6 Å². The molecule has 2 aromatic rings. The number of aryl methyl sites for hydroxylation is 1.